The van der Waals surface area contributed by atoms with E-state index in [0.717, 1.165) is 23.3 Å². The first-order valence-electron chi connectivity index (χ1n) is 12.1. The number of allylic oxidation sites excluding steroid dienone is 3. The number of aliphatic hydroxyl groups is 1. The van der Waals surface area contributed by atoms with Gasteiger partial charge in [0.25, 0.3) is 0 Å². The lowest BCUT2D eigenvalue weighted by molar-refractivity contribution is -0.120. The van der Waals surface area contributed by atoms with E-state index in [1.807, 2.05) is 12.1 Å². The lowest BCUT2D eigenvalue weighted by Crippen LogP contribution is -2.27. The SMILES string of the molecule is C=C/C=C(\C=C)S(=O)Oc1c(OC)ccc(CC(=O)NCCc2ccc(OC)c(C(C)CC)c2)c1CO. The molecule has 2 atom stereocenters. The Bertz CT molecular complexity index is 1160. The van der Waals surface area contributed by atoms with E-state index in [9.17, 15) is 14.1 Å². The third-order valence-corrected chi connectivity index (χ3v) is 7.06. The van der Waals surface area contributed by atoms with Gasteiger partial charge in [0.2, 0.25) is 17.0 Å². The van der Waals surface area contributed by atoms with Crippen LogP contribution in [-0.2, 0) is 35.3 Å². The molecule has 0 aromatic heterocycles. The lowest BCUT2D eigenvalue weighted by Gasteiger charge is -2.17. The Morgan fingerprint density at radius 2 is 1.86 bits per heavy atom. The van der Waals surface area contributed by atoms with Gasteiger partial charge in [0, 0.05) is 12.1 Å². The van der Waals surface area contributed by atoms with Crippen molar-refractivity contribution in [2.75, 3.05) is 20.8 Å². The topological polar surface area (TPSA) is 94.1 Å². The van der Waals surface area contributed by atoms with E-state index in [4.69, 9.17) is 13.7 Å². The Kier molecular flexibility index (Phi) is 12.1. The molecule has 0 aliphatic carbocycles. The Morgan fingerprint density at radius 3 is 2.46 bits per heavy atom. The number of methoxy groups -OCH3 is 2. The van der Waals surface area contributed by atoms with Gasteiger partial charge >= 0.3 is 0 Å². The van der Waals surface area contributed by atoms with Crippen molar-refractivity contribution in [3.8, 4) is 17.2 Å². The second-order valence-corrected chi connectivity index (χ2v) is 9.49. The van der Waals surface area contributed by atoms with Crippen LogP contribution in [0.1, 0.15) is 48.4 Å². The van der Waals surface area contributed by atoms with E-state index in [1.165, 1.54) is 25.3 Å². The molecule has 0 heterocycles. The summed E-state index contributed by atoms with van der Waals surface area (Å²) in [5.74, 6) is 1.44. The molecule has 0 bridgehead atoms. The van der Waals surface area contributed by atoms with Gasteiger partial charge in [-0.15, -0.1) is 0 Å². The molecular formula is C29H37NO6S. The van der Waals surface area contributed by atoms with Crippen LogP contribution in [0, 0.1) is 0 Å². The first-order valence-corrected chi connectivity index (χ1v) is 13.2. The van der Waals surface area contributed by atoms with Crippen molar-refractivity contribution in [2.45, 2.75) is 45.6 Å². The molecule has 0 fully saturated rings. The fraction of sp³-hybridized carbons (Fsp3) is 0.345. The minimum atomic E-state index is -1.92. The molecule has 0 aliphatic heterocycles. The average Bonchev–Trinajstić information content (AvgIpc) is 2.91. The normalized spacial score (nSPS) is 12.8. The van der Waals surface area contributed by atoms with Crippen LogP contribution in [-0.4, -0.2) is 36.0 Å². The predicted molar refractivity (Wildman–Crippen MR) is 148 cm³/mol. The third kappa shape index (κ3) is 8.06. The number of rotatable bonds is 15. The van der Waals surface area contributed by atoms with Crippen molar-refractivity contribution in [1.29, 1.82) is 0 Å². The molecule has 0 spiro atoms. The standard InChI is InChI=1S/C29H37NO6S/c1-7-10-23(9-3)37(33)36-29-25(19-31)22(12-14-27(29)35-6)18-28(32)30-16-15-21-11-13-26(34-5)24(17-21)20(4)8-2/h7,9-14,17,20,31H,1,3,8,15-16,18-19H2,2,4-6H3,(H,30,32)/b23-10+. The van der Waals surface area contributed by atoms with Crippen LogP contribution in [0.4, 0.5) is 0 Å². The van der Waals surface area contributed by atoms with Crippen molar-refractivity contribution in [2.24, 2.45) is 0 Å². The minimum Gasteiger partial charge on any atom is -0.496 e. The number of hydrogen-bond donors (Lipinski definition) is 2. The van der Waals surface area contributed by atoms with E-state index in [1.54, 1.807) is 19.2 Å². The Labute approximate surface area is 222 Å². The number of benzene rings is 2. The summed E-state index contributed by atoms with van der Waals surface area (Å²) in [5.41, 5.74) is 3.15. The number of aliphatic hydroxyl groups excluding tert-OH is 1. The molecule has 0 saturated heterocycles. The van der Waals surface area contributed by atoms with Crippen molar-refractivity contribution >= 4 is 17.0 Å². The maximum absolute atomic E-state index is 12.7. The lowest BCUT2D eigenvalue weighted by atomic mass is 9.95. The van der Waals surface area contributed by atoms with Gasteiger partial charge in [-0.3, -0.25) is 4.79 Å². The van der Waals surface area contributed by atoms with Gasteiger partial charge in [0.15, 0.2) is 11.5 Å². The highest BCUT2D eigenvalue weighted by molar-refractivity contribution is 7.84. The summed E-state index contributed by atoms with van der Waals surface area (Å²) in [5, 5.41) is 13.0. The number of nitrogens with one attached hydrogen (secondary N) is 1. The van der Waals surface area contributed by atoms with Gasteiger partial charge in [-0.05, 0) is 59.7 Å². The largest absolute Gasteiger partial charge is 0.496 e. The van der Waals surface area contributed by atoms with E-state index in [2.05, 4.69) is 38.4 Å². The Balaban J connectivity index is 2.14. The summed E-state index contributed by atoms with van der Waals surface area (Å²) in [6.45, 7) is 11.6. The van der Waals surface area contributed by atoms with Crippen LogP contribution in [0.5, 0.6) is 17.2 Å². The first-order chi connectivity index (χ1) is 17.8. The highest BCUT2D eigenvalue weighted by Gasteiger charge is 2.20. The average molecular weight is 528 g/mol. The molecule has 0 saturated carbocycles. The van der Waals surface area contributed by atoms with Crippen LogP contribution in [0.15, 0.2) is 66.6 Å². The molecule has 200 valence electrons. The molecule has 2 N–H and O–H groups in total. The van der Waals surface area contributed by atoms with E-state index < -0.39 is 17.7 Å². The number of amides is 1. The first kappa shape index (κ1) is 29.9. The molecule has 2 aromatic carbocycles. The van der Waals surface area contributed by atoms with Crippen molar-refractivity contribution < 1.29 is 27.8 Å². The van der Waals surface area contributed by atoms with E-state index >= 15 is 0 Å². The summed E-state index contributed by atoms with van der Waals surface area (Å²) >= 11 is -1.92. The van der Waals surface area contributed by atoms with Gasteiger partial charge in [-0.25, -0.2) is 4.21 Å². The third-order valence-electron chi connectivity index (χ3n) is 6.06. The molecule has 0 radical (unpaired) electrons. The van der Waals surface area contributed by atoms with E-state index in [-0.39, 0.29) is 18.1 Å². The number of hydrogen-bond acceptors (Lipinski definition) is 6. The molecule has 8 heteroatoms. The van der Waals surface area contributed by atoms with Gasteiger partial charge in [-0.1, -0.05) is 51.3 Å². The smallest absolute Gasteiger partial charge is 0.240 e. The molecule has 2 unspecified atom stereocenters. The maximum atomic E-state index is 12.7. The highest BCUT2D eigenvalue weighted by Crippen LogP contribution is 2.35. The number of carbonyl (C=O) groups excluding carboxylic acids is 1. The summed E-state index contributed by atoms with van der Waals surface area (Å²) in [6, 6.07) is 9.42. The summed E-state index contributed by atoms with van der Waals surface area (Å²) in [7, 11) is 3.11. The zero-order valence-corrected chi connectivity index (χ0v) is 22.9. The maximum Gasteiger partial charge on any atom is 0.240 e. The molecule has 0 aliphatic rings. The van der Waals surface area contributed by atoms with Crippen LogP contribution in [0.2, 0.25) is 0 Å². The second-order valence-electron chi connectivity index (χ2n) is 8.38. The predicted octanol–water partition coefficient (Wildman–Crippen LogP) is 4.91. The van der Waals surface area contributed by atoms with Crippen LogP contribution in [0.3, 0.4) is 0 Å². The van der Waals surface area contributed by atoms with Crippen LogP contribution < -0.4 is 19.0 Å². The molecule has 2 rings (SSSR count). The van der Waals surface area contributed by atoms with Crippen LogP contribution >= 0.6 is 0 Å². The molecule has 1 amide bonds. The fourth-order valence-electron chi connectivity index (χ4n) is 3.80. The van der Waals surface area contributed by atoms with Crippen LogP contribution in [0.25, 0.3) is 0 Å². The Hall–Kier alpha value is -3.36. The van der Waals surface area contributed by atoms with Crippen molar-refractivity contribution in [3.63, 3.8) is 0 Å². The van der Waals surface area contributed by atoms with E-state index in [0.29, 0.717) is 40.7 Å². The number of ether oxygens (including phenoxy) is 2. The van der Waals surface area contributed by atoms with Gasteiger partial charge in [0.05, 0.1) is 32.2 Å². The fourth-order valence-corrected chi connectivity index (χ4v) is 4.57. The summed E-state index contributed by atoms with van der Waals surface area (Å²) in [4.78, 5) is 13.0. The van der Waals surface area contributed by atoms with Crippen molar-refractivity contribution in [1.82, 2.24) is 5.32 Å². The Morgan fingerprint density at radius 1 is 1.16 bits per heavy atom. The van der Waals surface area contributed by atoms with Crippen molar-refractivity contribution in [3.05, 3.63) is 88.9 Å². The highest BCUT2D eigenvalue weighted by atomic mass is 32.2. The minimum absolute atomic E-state index is 0.0143. The zero-order valence-electron chi connectivity index (χ0n) is 22.0. The quantitative estimate of drug-likeness (QED) is 0.320. The molecular weight excluding hydrogens is 490 g/mol. The molecule has 37 heavy (non-hydrogen) atoms. The number of carbonyl (C=O) groups is 1. The molecule has 2 aromatic rings. The summed E-state index contributed by atoms with van der Waals surface area (Å²) < 4.78 is 29.2. The second kappa shape index (κ2) is 15.0. The summed E-state index contributed by atoms with van der Waals surface area (Å²) in [6.07, 6.45) is 6.07. The van der Waals surface area contributed by atoms with Gasteiger partial charge in [-0.2, -0.15) is 0 Å². The van der Waals surface area contributed by atoms with Gasteiger partial charge in [0.1, 0.15) is 5.75 Å². The zero-order chi connectivity index (χ0) is 27.4. The monoisotopic (exact) mass is 527 g/mol. The molecule has 7 nitrogen and oxygen atoms in total. The van der Waals surface area contributed by atoms with Gasteiger partial charge < -0.3 is 24.1 Å².